The lowest BCUT2D eigenvalue weighted by atomic mass is 10.0. The minimum Gasteiger partial charge on any atom is -0.373 e. The summed E-state index contributed by atoms with van der Waals surface area (Å²) in [4.78, 5) is 14.4. The van der Waals surface area contributed by atoms with Gasteiger partial charge in [0.1, 0.15) is 0 Å². The average Bonchev–Trinajstić information content (AvgIpc) is 2.68. The van der Waals surface area contributed by atoms with Gasteiger partial charge in [-0.25, -0.2) is 0 Å². The molecule has 3 rings (SSSR count). The first-order valence-corrected chi connectivity index (χ1v) is 8.96. The summed E-state index contributed by atoms with van der Waals surface area (Å²) < 4.78 is 5.98. The zero-order valence-corrected chi connectivity index (χ0v) is 15.7. The number of nitrogens with two attached hydrogens (primary N) is 1. The predicted molar refractivity (Wildman–Crippen MR) is 106 cm³/mol. The number of ether oxygens (including phenoxy) is 1. The standard InChI is InChI=1S/C21H26N2O2.ClH/c22-20(15-17-7-3-1-4-8-17)21(24)23-13-11-19(12-14-23)25-16-18-9-5-2-6-10-18;/h1-10,19-20H,11-16,22H2;1H/t20-;/m0./s1. The van der Waals surface area contributed by atoms with Crippen molar-refractivity contribution in [2.75, 3.05) is 13.1 Å². The van der Waals surface area contributed by atoms with Crippen molar-refractivity contribution in [2.45, 2.75) is 38.0 Å². The highest BCUT2D eigenvalue weighted by molar-refractivity contribution is 5.85. The molecule has 1 aliphatic rings. The summed E-state index contributed by atoms with van der Waals surface area (Å²) in [6.07, 6.45) is 2.55. The quantitative estimate of drug-likeness (QED) is 0.844. The second kappa shape index (κ2) is 10.3. The summed E-state index contributed by atoms with van der Waals surface area (Å²) in [5, 5.41) is 0. The van der Waals surface area contributed by atoms with E-state index in [1.807, 2.05) is 53.4 Å². The van der Waals surface area contributed by atoms with Gasteiger partial charge in [0.2, 0.25) is 5.91 Å². The second-order valence-corrected chi connectivity index (χ2v) is 6.62. The SMILES string of the molecule is Cl.N[C@@H](Cc1ccccc1)C(=O)N1CCC(OCc2ccccc2)CC1. The van der Waals surface area contributed by atoms with E-state index in [0.717, 1.165) is 31.5 Å². The summed E-state index contributed by atoms with van der Waals surface area (Å²) in [6.45, 7) is 2.08. The lowest BCUT2D eigenvalue weighted by molar-refractivity contribution is -0.135. The maximum Gasteiger partial charge on any atom is 0.239 e. The molecule has 0 radical (unpaired) electrons. The third-order valence-electron chi connectivity index (χ3n) is 4.70. The van der Waals surface area contributed by atoms with Crippen LogP contribution in [0.25, 0.3) is 0 Å². The van der Waals surface area contributed by atoms with Crippen molar-refractivity contribution in [2.24, 2.45) is 5.73 Å². The van der Waals surface area contributed by atoms with E-state index in [1.165, 1.54) is 5.56 Å². The van der Waals surface area contributed by atoms with Gasteiger partial charge < -0.3 is 15.4 Å². The molecule has 1 atom stereocenters. The highest BCUT2D eigenvalue weighted by Crippen LogP contribution is 2.17. The number of nitrogens with zero attached hydrogens (tertiary/aromatic N) is 1. The highest BCUT2D eigenvalue weighted by atomic mass is 35.5. The molecule has 1 heterocycles. The minimum atomic E-state index is -0.468. The molecule has 140 valence electrons. The zero-order valence-electron chi connectivity index (χ0n) is 14.9. The van der Waals surface area contributed by atoms with Gasteiger partial charge in [-0.3, -0.25) is 4.79 Å². The summed E-state index contributed by atoms with van der Waals surface area (Å²) in [5.41, 5.74) is 8.41. The summed E-state index contributed by atoms with van der Waals surface area (Å²) in [6, 6.07) is 19.7. The van der Waals surface area contributed by atoms with Crippen LogP contribution in [0.5, 0.6) is 0 Å². The van der Waals surface area contributed by atoms with E-state index in [0.29, 0.717) is 13.0 Å². The Morgan fingerprint density at radius 2 is 1.54 bits per heavy atom. The molecular weight excluding hydrogens is 348 g/mol. The number of benzene rings is 2. The van der Waals surface area contributed by atoms with Crippen molar-refractivity contribution < 1.29 is 9.53 Å². The molecule has 0 aromatic heterocycles. The minimum absolute atomic E-state index is 0. The highest BCUT2D eigenvalue weighted by Gasteiger charge is 2.26. The molecule has 26 heavy (non-hydrogen) atoms. The molecule has 2 aromatic rings. The molecule has 1 amide bonds. The van der Waals surface area contributed by atoms with Crippen LogP contribution in [0.1, 0.15) is 24.0 Å². The van der Waals surface area contributed by atoms with Gasteiger partial charge in [-0.1, -0.05) is 60.7 Å². The first-order chi connectivity index (χ1) is 12.2. The van der Waals surface area contributed by atoms with Crippen molar-refractivity contribution in [1.29, 1.82) is 0 Å². The van der Waals surface area contributed by atoms with Gasteiger partial charge in [-0.2, -0.15) is 0 Å². The van der Waals surface area contributed by atoms with Crippen molar-refractivity contribution in [3.05, 3.63) is 71.8 Å². The third-order valence-corrected chi connectivity index (χ3v) is 4.70. The van der Waals surface area contributed by atoms with Crippen molar-refractivity contribution in [3.63, 3.8) is 0 Å². The third kappa shape index (κ3) is 5.84. The maximum absolute atomic E-state index is 12.5. The van der Waals surface area contributed by atoms with Crippen LogP contribution >= 0.6 is 12.4 Å². The fourth-order valence-electron chi connectivity index (χ4n) is 3.22. The van der Waals surface area contributed by atoms with Gasteiger partial charge in [0.15, 0.2) is 0 Å². The van der Waals surface area contributed by atoms with Crippen LogP contribution in [0.15, 0.2) is 60.7 Å². The van der Waals surface area contributed by atoms with Gasteiger partial charge >= 0.3 is 0 Å². The van der Waals surface area contributed by atoms with E-state index < -0.39 is 6.04 Å². The van der Waals surface area contributed by atoms with Crippen LogP contribution < -0.4 is 5.73 Å². The van der Waals surface area contributed by atoms with Crippen LogP contribution in [-0.2, 0) is 22.6 Å². The van der Waals surface area contributed by atoms with Crippen LogP contribution in [0.2, 0.25) is 0 Å². The topological polar surface area (TPSA) is 55.6 Å². The van der Waals surface area contributed by atoms with Crippen LogP contribution in [0.4, 0.5) is 0 Å². The molecular formula is C21H27ClN2O2. The predicted octanol–water partition coefficient (Wildman–Crippen LogP) is 3.19. The molecule has 0 bridgehead atoms. The molecule has 0 aliphatic carbocycles. The Morgan fingerprint density at radius 1 is 1.00 bits per heavy atom. The molecule has 4 nitrogen and oxygen atoms in total. The molecule has 0 spiro atoms. The lowest BCUT2D eigenvalue weighted by Crippen LogP contribution is -2.49. The van der Waals surface area contributed by atoms with Crippen LogP contribution in [0, 0.1) is 0 Å². The summed E-state index contributed by atoms with van der Waals surface area (Å²) >= 11 is 0. The fraction of sp³-hybridized carbons (Fsp3) is 0.381. The van der Waals surface area contributed by atoms with E-state index in [4.69, 9.17) is 10.5 Å². The molecule has 2 aromatic carbocycles. The van der Waals surface area contributed by atoms with Crippen molar-refractivity contribution in [3.8, 4) is 0 Å². The fourth-order valence-corrected chi connectivity index (χ4v) is 3.22. The van der Waals surface area contributed by atoms with Crippen molar-refractivity contribution in [1.82, 2.24) is 4.90 Å². The smallest absolute Gasteiger partial charge is 0.239 e. The summed E-state index contributed by atoms with van der Waals surface area (Å²) in [5.74, 6) is 0.0466. The second-order valence-electron chi connectivity index (χ2n) is 6.62. The Hall–Kier alpha value is -1.88. The van der Waals surface area contributed by atoms with Gasteiger partial charge in [0, 0.05) is 13.1 Å². The molecule has 0 saturated carbocycles. The van der Waals surface area contributed by atoms with Crippen LogP contribution in [-0.4, -0.2) is 36.0 Å². The van der Waals surface area contributed by atoms with Crippen molar-refractivity contribution >= 4 is 18.3 Å². The van der Waals surface area contributed by atoms with Gasteiger partial charge in [0.05, 0.1) is 18.8 Å². The van der Waals surface area contributed by atoms with E-state index in [1.54, 1.807) is 0 Å². The number of piperidine rings is 1. The Balaban J connectivity index is 0.00000243. The average molecular weight is 375 g/mol. The number of hydrogen-bond donors (Lipinski definition) is 1. The van der Waals surface area contributed by atoms with E-state index >= 15 is 0 Å². The van der Waals surface area contributed by atoms with E-state index in [9.17, 15) is 4.79 Å². The number of likely N-dealkylation sites (tertiary alicyclic amines) is 1. The Labute approximate surface area is 161 Å². The van der Waals surface area contributed by atoms with Gasteiger partial charge in [-0.05, 0) is 30.4 Å². The molecule has 1 aliphatic heterocycles. The molecule has 1 fully saturated rings. The normalized spacial score (nSPS) is 16.0. The maximum atomic E-state index is 12.5. The number of carbonyl (C=O) groups is 1. The summed E-state index contributed by atoms with van der Waals surface area (Å²) in [7, 11) is 0. The Kier molecular flexibility index (Phi) is 8.10. The van der Waals surface area contributed by atoms with E-state index in [-0.39, 0.29) is 24.4 Å². The molecule has 5 heteroatoms. The Morgan fingerprint density at radius 3 is 2.12 bits per heavy atom. The number of halogens is 1. The number of carbonyl (C=O) groups excluding carboxylic acids is 1. The van der Waals surface area contributed by atoms with E-state index in [2.05, 4.69) is 12.1 Å². The van der Waals surface area contributed by atoms with Gasteiger partial charge in [-0.15, -0.1) is 12.4 Å². The van der Waals surface area contributed by atoms with Crippen LogP contribution in [0.3, 0.4) is 0 Å². The number of amides is 1. The molecule has 1 saturated heterocycles. The zero-order chi connectivity index (χ0) is 17.5. The lowest BCUT2D eigenvalue weighted by Gasteiger charge is -2.33. The monoisotopic (exact) mass is 374 g/mol. The van der Waals surface area contributed by atoms with Gasteiger partial charge in [0.25, 0.3) is 0 Å². The molecule has 0 unspecified atom stereocenters. The number of hydrogen-bond acceptors (Lipinski definition) is 3. The molecule has 2 N–H and O–H groups in total. The first kappa shape index (κ1) is 20.4. The number of rotatable bonds is 6. The Bertz CT molecular complexity index is 658. The largest absolute Gasteiger partial charge is 0.373 e. The first-order valence-electron chi connectivity index (χ1n) is 8.96.